The third-order valence-electron chi connectivity index (χ3n) is 6.42. The number of phenolic OH excluding ortho intramolecular Hbond substituents is 2. The van der Waals surface area contributed by atoms with E-state index >= 15 is 0 Å². The first-order valence-electron chi connectivity index (χ1n) is 11.9. The highest BCUT2D eigenvalue weighted by Crippen LogP contribution is 2.46. The van der Waals surface area contributed by atoms with Crippen molar-refractivity contribution in [1.29, 1.82) is 0 Å². The summed E-state index contributed by atoms with van der Waals surface area (Å²) in [7, 11) is 0. The largest absolute Gasteiger partial charge is 0.507 e. The van der Waals surface area contributed by atoms with Crippen LogP contribution >= 0.6 is 31.9 Å². The standard InChI is InChI=1S/C28H40Br2O2/c1-20(2)10-7-6-8-16-28(17-9-15-27(3,4)5,21-11-13-25(31)23(29)18-21)22-12-14-26(32)24(30)19-22/h11-14,18-20,31-32H,6-10,15-17H2,1-5H3. The van der Waals surface area contributed by atoms with Crippen molar-refractivity contribution in [3.8, 4) is 11.5 Å². The Hall–Kier alpha value is -1.00. The molecule has 0 spiro atoms. The SMILES string of the molecule is CC(C)CCCCCC(CCCC(C)(C)C)(c1ccc(O)c(Br)c1)c1ccc(O)c(Br)c1. The summed E-state index contributed by atoms with van der Waals surface area (Å²) in [5.41, 5.74) is 2.55. The van der Waals surface area contributed by atoms with E-state index in [4.69, 9.17) is 0 Å². The number of benzene rings is 2. The molecule has 0 aliphatic carbocycles. The Morgan fingerprint density at radius 3 is 1.66 bits per heavy atom. The monoisotopic (exact) mass is 566 g/mol. The van der Waals surface area contributed by atoms with Gasteiger partial charge in [-0.15, -0.1) is 0 Å². The van der Waals surface area contributed by atoms with Crippen LogP contribution in [0, 0.1) is 11.3 Å². The zero-order valence-electron chi connectivity index (χ0n) is 20.3. The molecule has 0 radical (unpaired) electrons. The van der Waals surface area contributed by atoms with Crippen molar-refractivity contribution in [2.45, 2.75) is 91.4 Å². The lowest BCUT2D eigenvalue weighted by molar-refractivity contribution is 0.321. The molecule has 0 saturated carbocycles. The molecule has 2 aromatic rings. The van der Waals surface area contributed by atoms with Crippen LogP contribution in [0.25, 0.3) is 0 Å². The van der Waals surface area contributed by atoms with E-state index < -0.39 is 0 Å². The van der Waals surface area contributed by atoms with Crippen LogP contribution in [-0.2, 0) is 5.41 Å². The van der Waals surface area contributed by atoms with Gasteiger partial charge in [-0.2, -0.15) is 0 Å². The van der Waals surface area contributed by atoms with Gasteiger partial charge in [-0.1, -0.05) is 78.9 Å². The minimum atomic E-state index is -0.171. The van der Waals surface area contributed by atoms with Gasteiger partial charge in [0.05, 0.1) is 8.95 Å². The average Bonchev–Trinajstić information content (AvgIpc) is 2.69. The Balaban J connectivity index is 2.48. The molecule has 0 saturated heterocycles. The number of phenols is 2. The molecule has 0 aromatic heterocycles. The topological polar surface area (TPSA) is 40.5 Å². The summed E-state index contributed by atoms with van der Waals surface area (Å²) in [4.78, 5) is 0. The zero-order chi connectivity index (χ0) is 23.9. The molecule has 0 unspecified atom stereocenters. The fourth-order valence-electron chi connectivity index (χ4n) is 4.55. The maximum atomic E-state index is 10.2. The highest BCUT2D eigenvalue weighted by molar-refractivity contribution is 9.10. The van der Waals surface area contributed by atoms with Crippen molar-refractivity contribution in [1.82, 2.24) is 0 Å². The van der Waals surface area contributed by atoms with Gasteiger partial charge in [0.25, 0.3) is 0 Å². The first-order chi connectivity index (χ1) is 14.9. The Morgan fingerprint density at radius 1 is 0.719 bits per heavy atom. The third kappa shape index (κ3) is 7.80. The molecule has 2 nitrogen and oxygen atoms in total. The van der Waals surface area contributed by atoms with Crippen molar-refractivity contribution < 1.29 is 10.2 Å². The number of unbranched alkanes of at least 4 members (excludes halogenated alkanes) is 2. The van der Waals surface area contributed by atoms with Crippen LogP contribution in [-0.4, -0.2) is 10.2 Å². The molecule has 2 N–H and O–H groups in total. The molecule has 0 aliphatic rings. The second-order valence-electron chi connectivity index (χ2n) is 10.8. The highest BCUT2D eigenvalue weighted by atomic mass is 79.9. The van der Waals surface area contributed by atoms with Gasteiger partial charge in [0.2, 0.25) is 0 Å². The van der Waals surface area contributed by atoms with Gasteiger partial charge < -0.3 is 10.2 Å². The molecule has 32 heavy (non-hydrogen) atoms. The summed E-state index contributed by atoms with van der Waals surface area (Å²) in [6.07, 6.45) is 9.25. The minimum absolute atomic E-state index is 0.171. The van der Waals surface area contributed by atoms with Crippen molar-refractivity contribution in [2.75, 3.05) is 0 Å². The van der Waals surface area contributed by atoms with Gasteiger partial charge in [0.15, 0.2) is 0 Å². The third-order valence-corrected chi connectivity index (χ3v) is 7.69. The summed E-state index contributed by atoms with van der Waals surface area (Å²) in [5, 5.41) is 20.3. The van der Waals surface area contributed by atoms with Crippen molar-refractivity contribution in [2.24, 2.45) is 11.3 Å². The second kappa shape index (κ2) is 11.9. The number of hydrogen-bond donors (Lipinski definition) is 2. The van der Waals surface area contributed by atoms with E-state index in [9.17, 15) is 10.2 Å². The second-order valence-corrected chi connectivity index (χ2v) is 12.5. The number of halogens is 2. The average molecular weight is 568 g/mol. The van der Waals surface area contributed by atoms with E-state index in [0.29, 0.717) is 0 Å². The summed E-state index contributed by atoms with van der Waals surface area (Å²) in [6, 6.07) is 11.9. The van der Waals surface area contributed by atoms with E-state index in [1.54, 1.807) is 12.1 Å². The Labute approximate surface area is 212 Å². The van der Waals surface area contributed by atoms with Crippen LogP contribution in [0.5, 0.6) is 11.5 Å². The van der Waals surface area contributed by atoms with Gasteiger partial charge in [0.1, 0.15) is 11.5 Å². The molecule has 178 valence electrons. The summed E-state index contributed by atoms with van der Waals surface area (Å²) < 4.78 is 1.46. The summed E-state index contributed by atoms with van der Waals surface area (Å²) >= 11 is 7.09. The van der Waals surface area contributed by atoms with Gasteiger partial charge in [0, 0.05) is 5.41 Å². The molecular formula is C28H40Br2O2. The van der Waals surface area contributed by atoms with Crippen LogP contribution in [0.4, 0.5) is 0 Å². The molecule has 0 fully saturated rings. The molecule has 2 rings (SSSR count). The molecule has 0 bridgehead atoms. The van der Waals surface area contributed by atoms with Crippen LogP contribution in [0.15, 0.2) is 45.3 Å². The van der Waals surface area contributed by atoms with Gasteiger partial charge >= 0.3 is 0 Å². The van der Waals surface area contributed by atoms with E-state index in [0.717, 1.165) is 47.0 Å². The minimum Gasteiger partial charge on any atom is -0.507 e. The van der Waals surface area contributed by atoms with E-state index in [-0.39, 0.29) is 22.3 Å². The predicted octanol–water partition coefficient (Wildman–Crippen LogP) is 9.73. The fraction of sp³-hybridized carbons (Fsp3) is 0.571. The lowest BCUT2D eigenvalue weighted by Gasteiger charge is -2.37. The molecule has 0 atom stereocenters. The molecule has 0 heterocycles. The molecular weight excluding hydrogens is 528 g/mol. The Bertz CT molecular complexity index is 817. The Kier molecular flexibility index (Phi) is 10.2. The summed E-state index contributed by atoms with van der Waals surface area (Å²) in [5.74, 6) is 1.27. The lowest BCUT2D eigenvalue weighted by atomic mass is 9.67. The quantitative estimate of drug-likeness (QED) is 0.265. The zero-order valence-corrected chi connectivity index (χ0v) is 23.5. The number of hydrogen-bond acceptors (Lipinski definition) is 2. The van der Waals surface area contributed by atoms with Gasteiger partial charge in [-0.3, -0.25) is 0 Å². The van der Waals surface area contributed by atoms with Gasteiger partial charge in [-0.05, 0) is 97.8 Å². The first-order valence-corrected chi connectivity index (χ1v) is 13.5. The molecule has 0 amide bonds. The lowest BCUT2D eigenvalue weighted by Crippen LogP contribution is -2.28. The normalized spacial score (nSPS) is 12.5. The Morgan fingerprint density at radius 2 is 1.22 bits per heavy atom. The van der Waals surface area contributed by atoms with Crippen molar-refractivity contribution >= 4 is 31.9 Å². The molecule has 2 aromatic carbocycles. The number of aromatic hydroxyl groups is 2. The smallest absolute Gasteiger partial charge is 0.129 e. The van der Waals surface area contributed by atoms with Crippen LogP contribution in [0.2, 0.25) is 0 Å². The van der Waals surface area contributed by atoms with Crippen LogP contribution in [0.3, 0.4) is 0 Å². The maximum absolute atomic E-state index is 10.2. The predicted molar refractivity (Wildman–Crippen MR) is 144 cm³/mol. The van der Waals surface area contributed by atoms with Gasteiger partial charge in [-0.25, -0.2) is 0 Å². The van der Waals surface area contributed by atoms with Crippen LogP contribution in [0.1, 0.15) is 97.1 Å². The van der Waals surface area contributed by atoms with Crippen molar-refractivity contribution in [3.63, 3.8) is 0 Å². The number of rotatable bonds is 11. The highest BCUT2D eigenvalue weighted by Gasteiger charge is 2.35. The first kappa shape index (κ1) is 27.2. The molecule has 4 heteroatoms. The van der Waals surface area contributed by atoms with E-state index in [2.05, 4.69) is 90.7 Å². The maximum Gasteiger partial charge on any atom is 0.129 e. The van der Waals surface area contributed by atoms with Crippen molar-refractivity contribution in [3.05, 3.63) is 56.5 Å². The van der Waals surface area contributed by atoms with Crippen LogP contribution < -0.4 is 0 Å². The van der Waals surface area contributed by atoms with E-state index in [1.165, 1.54) is 30.4 Å². The fourth-order valence-corrected chi connectivity index (χ4v) is 5.31. The van der Waals surface area contributed by atoms with E-state index in [1.807, 2.05) is 0 Å². The molecule has 0 aliphatic heterocycles. The summed E-state index contributed by atoms with van der Waals surface area (Å²) in [6.45, 7) is 11.5.